The van der Waals surface area contributed by atoms with E-state index >= 15 is 0 Å². The van der Waals surface area contributed by atoms with Gasteiger partial charge in [0.25, 0.3) is 0 Å². The minimum Gasteiger partial charge on any atom is -0.486 e. The number of carbonyl (C=O) groups is 2. The third-order valence-electron chi connectivity index (χ3n) is 3.61. The number of Topliss-reactive ketones (excluding diaryl/α,β-unsaturated/α-hetero) is 1. The van der Waals surface area contributed by atoms with Crippen molar-refractivity contribution in [1.29, 1.82) is 0 Å². The number of nitrogens with one attached hydrogen (secondary N) is 1. The van der Waals surface area contributed by atoms with Gasteiger partial charge in [-0.15, -0.1) is 0 Å². The van der Waals surface area contributed by atoms with E-state index in [1.807, 2.05) is 0 Å². The second kappa shape index (κ2) is 6.61. The van der Waals surface area contributed by atoms with Crippen molar-refractivity contribution in [2.75, 3.05) is 11.9 Å². The minimum absolute atomic E-state index is 0.0219. The number of carbonyl (C=O) groups excluding carboxylic acids is 1. The maximum Gasteiger partial charge on any atom is 0.303 e. The molecule has 5 nitrogen and oxygen atoms in total. The summed E-state index contributed by atoms with van der Waals surface area (Å²) in [6.07, 6.45) is 0.772. The number of fused-ring (bicyclic) bond motifs is 1. The molecule has 0 radical (unpaired) electrons. The number of anilines is 1. The molecule has 1 aliphatic rings. The van der Waals surface area contributed by atoms with Crippen molar-refractivity contribution >= 4 is 17.4 Å². The second-order valence-corrected chi connectivity index (χ2v) is 5.66. The fraction of sp³-hybridized carbons (Fsp3) is 0.500. The van der Waals surface area contributed by atoms with E-state index in [0.717, 1.165) is 18.0 Å². The molecule has 2 rings (SSSR count). The molecule has 1 heterocycles. The van der Waals surface area contributed by atoms with Gasteiger partial charge in [0, 0.05) is 18.4 Å². The number of carboxylic acid groups (broad SMARTS) is 1. The first-order valence-electron chi connectivity index (χ1n) is 7.27. The van der Waals surface area contributed by atoms with Crippen LogP contribution in [0.5, 0.6) is 5.75 Å². The summed E-state index contributed by atoms with van der Waals surface area (Å²) < 4.78 is 5.89. The Morgan fingerprint density at radius 2 is 2.14 bits per heavy atom. The highest BCUT2D eigenvalue weighted by atomic mass is 16.5. The minimum atomic E-state index is -0.872. The highest BCUT2D eigenvalue weighted by Gasteiger charge is 2.22. The highest BCUT2D eigenvalue weighted by Crippen LogP contribution is 2.32. The molecule has 0 aromatic heterocycles. The molecule has 114 valence electrons. The third-order valence-corrected chi connectivity index (χ3v) is 3.61. The van der Waals surface area contributed by atoms with Crippen LogP contribution in [-0.4, -0.2) is 29.5 Å². The first-order valence-corrected chi connectivity index (χ1v) is 7.27. The SMILES string of the molecule is CC(C)C1CNc2cc(C(=O)CCCC(=O)O)ccc2O1. The number of benzene rings is 1. The zero-order chi connectivity index (χ0) is 15.4. The smallest absolute Gasteiger partial charge is 0.303 e. The molecule has 0 amide bonds. The van der Waals surface area contributed by atoms with Crippen molar-refractivity contribution in [2.45, 2.75) is 39.2 Å². The lowest BCUT2D eigenvalue weighted by Gasteiger charge is -2.30. The van der Waals surface area contributed by atoms with E-state index < -0.39 is 5.97 Å². The Bertz CT molecular complexity index is 539. The van der Waals surface area contributed by atoms with Crippen LogP contribution in [0.25, 0.3) is 0 Å². The van der Waals surface area contributed by atoms with E-state index in [2.05, 4.69) is 19.2 Å². The van der Waals surface area contributed by atoms with Crippen LogP contribution in [0.4, 0.5) is 5.69 Å². The van der Waals surface area contributed by atoms with Crippen LogP contribution in [0.3, 0.4) is 0 Å². The zero-order valence-electron chi connectivity index (χ0n) is 12.4. The highest BCUT2D eigenvalue weighted by molar-refractivity contribution is 5.97. The molecule has 0 bridgehead atoms. The zero-order valence-corrected chi connectivity index (χ0v) is 12.4. The van der Waals surface area contributed by atoms with E-state index in [1.165, 1.54) is 0 Å². The number of rotatable bonds is 6. The van der Waals surface area contributed by atoms with Crippen LogP contribution in [-0.2, 0) is 4.79 Å². The lowest BCUT2D eigenvalue weighted by molar-refractivity contribution is -0.137. The Morgan fingerprint density at radius 3 is 2.81 bits per heavy atom. The molecule has 1 aromatic rings. The van der Waals surface area contributed by atoms with Crippen molar-refractivity contribution in [3.8, 4) is 5.75 Å². The number of carboxylic acids is 1. The fourth-order valence-corrected chi connectivity index (χ4v) is 2.28. The Morgan fingerprint density at radius 1 is 1.38 bits per heavy atom. The Labute approximate surface area is 124 Å². The van der Waals surface area contributed by atoms with Crippen molar-refractivity contribution in [3.63, 3.8) is 0 Å². The standard InChI is InChI=1S/C16H21NO4/c1-10(2)15-9-17-12-8-11(6-7-14(12)21-15)13(18)4-3-5-16(19)20/h6-8,10,15,17H,3-5,9H2,1-2H3,(H,19,20). The van der Waals surface area contributed by atoms with Crippen LogP contribution in [0.2, 0.25) is 0 Å². The van der Waals surface area contributed by atoms with Gasteiger partial charge in [0.15, 0.2) is 5.78 Å². The number of hydrogen-bond acceptors (Lipinski definition) is 4. The molecule has 0 aliphatic carbocycles. The van der Waals surface area contributed by atoms with Gasteiger partial charge >= 0.3 is 5.97 Å². The van der Waals surface area contributed by atoms with Crippen molar-refractivity contribution in [3.05, 3.63) is 23.8 Å². The Kier molecular flexibility index (Phi) is 4.83. The first-order chi connectivity index (χ1) is 9.97. The summed E-state index contributed by atoms with van der Waals surface area (Å²) in [4.78, 5) is 22.5. The van der Waals surface area contributed by atoms with Crippen molar-refractivity contribution in [2.24, 2.45) is 5.92 Å². The number of ketones is 1. The van der Waals surface area contributed by atoms with Gasteiger partial charge < -0.3 is 15.2 Å². The van der Waals surface area contributed by atoms with E-state index in [1.54, 1.807) is 18.2 Å². The fourth-order valence-electron chi connectivity index (χ4n) is 2.28. The quantitative estimate of drug-likeness (QED) is 0.788. The molecule has 0 saturated heterocycles. The lowest BCUT2D eigenvalue weighted by Crippen LogP contribution is -2.35. The lowest BCUT2D eigenvalue weighted by atomic mass is 10.0. The average Bonchev–Trinajstić information content (AvgIpc) is 2.45. The molecular weight excluding hydrogens is 270 g/mol. The van der Waals surface area contributed by atoms with Crippen LogP contribution >= 0.6 is 0 Å². The molecular formula is C16H21NO4. The molecule has 1 atom stereocenters. The van der Waals surface area contributed by atoms with Gasteiger partial charge in [-0.2, -0.15) is 0 Å². The van der Waals surface area contributed by atoms with Crippen LogP contribution in [0.15, 0.2) is 18.2 Å². The maximum absolute atomic E-state index is 12.0. The molecule has 1 unspecified atom stereocenters. The molecule has 1 aromatic carbocycles. The van der Waals surface area contributed by atoms with Gasteiger partial charge in [0.05, 0.1) is 12.2 Å². The Hall–Kier alpha value is -2.04. The monoisotopic (exact) mass is 291 g/mol. The molecule has 1 aliphatic heterocycles. The Balaban J connectivity index is 2.01. The van der Waals surface area contributed by atoms with Crippen LogP contribution < -0.4 is 10.1 Å². The van der Waals surface area contributed by atoms with Gasteiger partial charge in [-0.05, 0) is 30.5 Å². The second-order valence-electron chi connectivity index (χ2n) is 5.66. The summed E-state index contributed by atoms with van der Waals surface area (Å²) in [5.74, 6) is 0.278. The summed E-state index contributed by atoms with van der Waals surface area (Å²) in [7, 11) is 0. The molecule has 0 spiro atoms. The maximum atomic E-state index is 12.0. The van der Waals surface area contributed by atoms with E-state index in [4.69, 9.17) is 9.84 Å². The van der Waals surface area contributed by atoms with Gasteiger partial charge in [-0.1, -0.05) is 13.8 Å². The summed E-state index contributed by atoms with van der Waals surface area (Å²) in [6.45, 7) is 4.94. The van der Waals surface area contributed by atoms with Gasteiger partial charge in [0.1, 0.15) is 11.9 Å². The molecule has 2 N–H and O–H groups in total. The van der Waals surface area contributed by atoms with Gasteiger partial charge in [0.2, 0.25) is 0 Å². The largest absolute Gasteiger partial charge is 0.486 e. The number of hydrogen-bond donors (Lipinski definition) is 2. The molecule has 5 heteroatoms. The molecule has 21 heavy (non-hydrogen) atoms. The van der Waals surface area contributed by atoms with E-state index in [9.17, 15) is 9.59 Å². The number of ether oxygens (including phenoxy) is 1. The first kappa shape index (κ1) is 15.4. The van der Waals surface area contributed by atoms with E-state index in [0.29, 0.717) is 17.9 Å². The van der Waals surface area contributed by atoms with Gasteiger partial charge in [-0.25, -0.2) is 0 Å². The van der Waals surface area contributed by atoms with Crippen LogP contribution in [0.1, 0.15) is 43.5 Å². The summed E-state index contributed by atoms with van der Waals surface area (Å²) in [5, 5.41) is 11.9. The predicted molar refractivity (Wildman–Crippen MR) is 80.0 cm³/mol. The summed E-state index contributed by atoms with van der Waals surface area (Å²) in [6, 6.07) is 5.34. The summed E-state index contributed by atoms with van der Waals surface area (Å²) >= 11 is 0. The average molecular weight is 291 g/mol. The molecule has 0 fully saturated rings. The normalized spacial score (nSPS) is 16.8. The predicted octanol–water partition coefficient (Wildman–Crippen LogP) is 2.95. The number of aliphatic carboxylic acids is 1. The third kappa shape index (κ3) is 3.97. The van der Waals surface area contributed by atoms with Crippen molar-refractivity contribution < 1.29 is 19.4 Å². The topological polar surface area (TPSA) is 75.6 Å². The summed E-state index contributed by atoms with van der Waals surface area (Å²) in [5.41, 5.74) is 1.43. The van der Waals surface area contributed by atoms with Crippen molar-refractivity contribution in [1.82, 2.24) is 0 Å². The van der Waals surface area contributed by atoms with E-state index in [-0.39, 0.29) is 24.7 Å². The van der Waals surface area contributed by atoms with Gasteiger partial charge in [-0.3, -0.25) is 9.59 Å². The van der Waals surface area contributed by atoms with Crippen LogP contribution in [0, 0.1) is 5.92 Å². The molecule has 0 saturated carbocycles.